The van der Waals surface area contributed by atoms with Crippen LogP contribution in [0.5, 0.6) is 5.75 Å². The van der Waals surface area contributed by atoms with Crippen molar-refractivity contribution in [3.05, 3.63) is 124 Å². The minimum absolute atomic E-state index is 0.193. The number of amides is 1. The van der Waals surface area contributed by atoms with Crippen LogP contribution in [0.25, 0.3) is 17.1 Å². The molecule has 0 saturated heterocycles. The van der Waals surface area contributed by atoms with E-state index in [1.165, 1.54) is 6.07 Å². The number of nitrogens with one attached hydrogen (secondary N) is 2. The van der Waals surface area contributed by atoms with Gasteiger partial charge in [0.05, 0.1) is 18.0 Å². The van der Waals surface area contributed by atoms with E-state index in [9.17, 15) is 14.0 Å². The lowest BCUT2D eigenvalue weighted by Crippen LogP contribution is -2.21. The number of H-pyrrole nitrogens is 1. The number of nitrogens with zero attached hydrogens (tertiary/aromatic N) is 2. The molecule has 0 unspecified atom stereocenters. The fourth-order valence-electron chi connectivity index (χ4n) is 5.26. The summed E-state index contributed by atoms with van der Waals surface area (Å²) in [7, 11) is 0. The van der Waals surface area contributed by atoms with Crippen molar-refractivity contribution in [2.24, 2.45) is 0 Å². The normalized spacial score (nSPS) is 11.1. The minimum Gasteiger partial charge on any atom is -0.491 e. The number of halogens is 1. The van der Waals surface area contributed by atoms with Crippen LogP contribution in [0.1, 0.15) is 61.0 Å². The van der Waals surface area contributed by atoms with Crippen LogP contribution in [0.2, 0.25) is 0 Å². The Labute approximate surface area is 255 Å². The molecule has 0 radical (unpaired) electrons. The summed E-state index contributed by atoms with van der Waals surface area (Å²) in [6.45, 7) is 0.891. The molecule has 0 aliphatic carbocycles. The second-order valence-corrected chi connectivity index (χ2v) is 10.9. The van der Waals surface area contributed by atoms with Crippen LogP contribution in [0.4, 0.5) is 9.18 Å². The Balaban J connectivity index is 1.23. The van der Waals surface area contributed by atoms with Crippen LogP contribution in [0.15, 0.2) is 89.9 Å². The van der Waals surface area contributed by atoms with Gasteiger partial charge in [-0.2, -0.15) is 0 Å². The fraction of sp³-hybridized carbons (Fsp3) is 0.286. The topological polar surface area (TPSA) is 109 Å². The highest BCUT2D eigenvalue weighted by atomic mass is 19.1. The molecule has 9 heteroatoms. The van der Waals surface area contributed by atoms with Crippen LogP contribution in [0, 0.1) is 5.82 Å². The third-order valence-electron chi connectivity index (χ3n) is 7.53. The molecule has 0 bridgehead atoms. The number of carbonyl (C=O) groups is 1. The molecule has 3 aromatic carbocycles. The highest BCUT2D eigenvalue weighted by Crippen LogP contribution is 2.25. The average molecular weight is 597 g/mol. The Kier molecular flexibility index (Phi) is 10.4. The number of rotatable bonds is 15. The van der Waals surface area contributed by atoms with Crippen LogP contribution in [0.3, 0.4) is 0 Å². The van der Waals surface area contributed by atoms with Crippen molar-refractivity contribution in [3.8, 4) is 22.8 Å². The van der Waals surface area contributed by atoms with Gasteiger partial charge in [0.25, 0.3) is 5.56 Å². The van der Waals surface area contributed by atoms with E-state index in [0.29, 0.717) is 36.6 Å². The summed E-state index contributed by atoms with van der Waals surface area (Å²) in [5.41, 5.74) is 4.46. The van der Waals surface area contributed by atoms with Gasteiger partial charge in [0.15, 0.2) is 17.4 Å². The number of aromatic amines is 1. The van der Waals surface area contributed by atoms with Gasteiger partial charge in [-0.3, -0.25) is 9.36 Å². The molecule has 44 heavy (non-hydrogen) atoms. The van der Waals surface area contributed by atoms with Crippen LogP contribution in [-0.4, -0.2) is 38.9 Å². The van der Waals surface area contributed by atoms with E-state index >= 15 is 0 Å². The van der Waals surface area contributed by atoms with E-state index < -0.39 is 11.9 Å². The standard InChI is InChI=1S/C35H37FN4O4/c36-28-21-26(17-18-32(28)44-20-12-4-2-1-3-11-19-37-35(42)43)23-30-34(41)40-24-31(27-15-9-6-10-16-27)38-29(33(40)39-30)22-25-13-7-5-8-14-25/h5-10,13-18,21,24,37-38H,1-4,11-12,19-20,22-23H2,(H,42,43). The van der Waals surface area contributed by atoms with Crippen molar-refractivity contribution in [1.82, 2.24) is 19.9 Å². The summed E-state index contributed by atoms with van der Waals surface area (Å²) in [4.78, 5) is 32.2. The monoisotopic (exact) mass is 596 g/mol. The molecule has 3 N–H and O–H groups in total. The van der Waals surface area contributed by atoms with Crippen molar-refractivity contribution >= 4 is 6.09 Å². The lowest BCUT2D eigenvalue weighted by atomic mass is 10.1. The molecule has 0 saturated carbocycles. The predicted molar refractivity (Wildman–Crippen MR) is 168 cm³/mol. The zero-order valence-electron chi connectivity index (χ0n) is 24.6. The second kappa shape index (κ2) is 15.0. The quantitative estimate of drug-likeness (QED) is 0.113. The zero-order chi connectivity index (χ0) is 30.7. The van der Waals surface area contributed by atoms with Gasteiger partial charge < -0.3 is 20.1 Å². The molecule has 2 aliphatic rings. The van der Waals surface area contributed by atoms with Crippen LogP contribution in [-0.2, 0) is 12.8 Å². The number of carboxylic acid groups (broad SMARTS) is 1. The molecule has 1 amide bonds. The third-order valence-corrected chi connectivity index (χ3v) is 7.53. The van der Waals surface area contributed by atoms with Crippen molar-refractivity contribution in [3.63, 3.8) is 0 Å². The number of ether oxygens (including phenoxy) is 1. The molecule has 0 atom stereocenters. The predicted octanol–water partition coefficient (Wildman–Crippen LogP) is 6.97. The molecule has 8 nitrogen and oxygen atoms in total. The number of aromatic nitrogens is 3. The molecule has 2 heterocycles. The van der Waals surface area contributed by atoms with Gasteiger partial charge in [0.2, 0.25) is 0 Å². The lowest BCUT2D eigenvalue weighted by molar-refractivity contribution is 0.194. The molecule has 2 aliphatic heterocycles. The van der Waals surface area contributed by atoms with Crippen molar-refractivity contribution in [1.29, 1.82) is 0 Å². The maximum atomic E-state index is 14.9. The lowest BCUT2D eigenvalue weighted by Gasteiger charge is -2.13. The van der Waals surface area contributed by atoms with Gasteiger partial charge in [0.1, 0.15) is 5.69 Å². The molecule has 5 rings (SSSR count). The Morgan fingerprint density at radius 3 is 2.32 bits per heavy atom. The van der Waals surface area contributed by atoms with Gasteiger partial charge in [-0.05, 0) is 41.7 Å². The maximum Gasteiger partial charge on any atom is 0.404 e. The summed E-state index contributed by atoms with van der Waals surface area (Å²) in [6, 6.07) is 24.7. The summed E-state index contributed by atoms with van der Waals surface area (Å²) in [5, 5.41) is 10.9. The van der Waals surface area contributed by atoms with Crippen LogP contribution < -0.4 is 15.6 Å². The Morgan fingerprint density at radius 2 is 1.59 bits per heavy atom. The number of imidazole rings is 1. The van der Waals surface area contributed by atoms with Gasteiger partial charge in [0, 0.05) is 25.6 Å². The van der Waals surface area contributed by atoms with Gasteiger partial charge in [-0.15, -0.1) is 0 Å². The minimum atomic E-state index is -0.989. The van der Waals surface area contributed by atoms with E-state index in [4.69, 9.17) is 14.8 Å². The summed E-state index contributed by atoms with van der Waals surface area (Å²) in [5.74, 6) is 0.290. The first kappa shape index (κ1) is 30.5. The van der Waals surface area contributed by atoms with E-state index in [0.717, 1.165) is 61.0 Å². The Bertz CT molecular complexity index is 1680. The summed E-state index contributed by atoms with van der Waals surface area (Å²) in [6.07, 6.45) is 7.17. The highest BCUT2D eigenvalue weighted by Gasteiger charge is 2.21. The van der Waals surface area contributed by atoms with Gasteiger partial charge in [-0.25, -0.2) is 14.2 Å². The number of fused-ring (bicyclic) bond motifs is 1. The molecule has 3 aromatic rings. The van der Waals surface area contributed by atoms with Crippen molar-refractivity contribution < 1.29 is 19.0 Å². The molecule has 228 valence electrons. The van der Waals surface area contributed by atoms with E-state index in [1.54, 1.807) is 22.9 Å². The smallest absolute Gasteiger partial charge is 0.404 e. The molecular weight excluding hydrogens is 559 g/mol. The summed E-state index contributed by atoms with van der Waals surface area (Å²) < 4.78 is 22.2. The summed E-state index contributed by atoms with van der Waals surface area (Å²) >= 11 is 0. The average Bonchev–Trinajstić information content (AvgIpc) is 3.34. The molecule has 0 spiro atoms. The molecule has 0 aromatic heterocycles. The van der Waals surface area contributed by atoms with E-state index in [2.05, 4.69) is 10.3 Å². The van der Waals surface area contributed by atoms with Gasteiger partial charge >= 0.3 is 6.09 Å². The van der Waals surface area contributed by atoms with Crippen molar-refractivity contribution in [2.45, 2.75) is 51.4 Å². The SMILES string of the molecule is O=C(O)NCCCCCCCCOc1ccc(Cc2nc3c(Cc4ccccc4)[nH]c(-c4ccccc4)cn-3c2=O)cc1F. The largest absolute Gasteiger partial charge is 0.491 e. The molecular formula is C35H37FN4O4. The van der Waals surface area contributed by atoms with Crippen molar-refractivity contribution in [2.75, 3.05) is 13.2 Å². The maximum absolute atomic E-state index is 14.9. The van der Waals surface area contributed by atoms with Crippen LogP contribution >= 0.6 is 0 Å². The Morgan fingerprint density at radius 1 is 0.886 bits per heavy atom. The Hall–Kier alpha value is -4.92. The highest BCUT2D eigenvalue weighted by molar-refractivity contribution is 5.64. The van der Waals surface area contributed by atoms with E-state index in [-0.39, 0.29) is 17.7 Å². The first-order chi connectivity index (χ1) is 21.5. The first-order valence-corrected chi connectivity index (χ1v) is 15.1. The number of unbranched alkanes of at least 4 members (excludes halogenated alkanes) is 5. The number of hydrogen-bond donors (Lipinski definition) is 3. The van der Waals surface area contributed by atoms with Gasteiger partial charge in [-0.1, -0.05) is 92.4 Å². The second-order valence-electron chi connectivity index (χ2n) is 10.9. The number of benzene rings is 3. The molecule has 0 fully saturated rings. The van der Waals surface area contributed by atoms with E-state index in [1.807, 2.05) is 60.7 Å². The fourth-order valence-corrected chi connectivity index (χ4v) is 5.26. The number of hydrogen-bond acceptors (Lipinski definition) is 4. The zero-order valence-corrected chi connectivity index (χ0v) is 24.6. The first-order valence-electron chi connectivity index (χ1n) is 15.1. The third kappa shape index (κ3) is 8.12.